The van der Waals surface area contributed by atoms with Crippen LogP contribution in [0, 0.1) is 6.92 Å². The Labute approximate surface area is 186 Å². The lowest BCUT2D eigenvalue weighted by Gasteiger charge is -2.32. The quantitative estimate of drug-likeness (QED) is 0.604. The van der Waals surface area contributed by atoms with Gasteiger partial charge >= 0.3 is 6.18 Å². The van der Waals surface area contributed by atoms with Gasteiger partial charge in [0.2, 0.25) is 10.0 Å². The fourth-order valence-corrected chi connectivity index (χ4v) is 6.47. The second-order valence-corrected chi connectivity index (χ2v) is 10.4. The van der Waals surface area contributed by atoms with E-state index in [0.717, 1.165) is 28.3 Å². The van der Waals surface area contributed by atoms with E-state index >= 15 is 0 Å². The zero-order valence-corrected chi connectivity index (χ0v) is 18.5. The number of nitrogens with two attached hydrogens (primary N) is 1. The molecular formula is C21H19F3N2O4S2. The van der Waals surface area contributed by atoms with E-state index in [9.17, 15) is 26.4 Å². The lowest BCUT2D eigenvalue weighted by Crippen LogP contribution is -2.42. The molecule has 0 unspecified atom stereocenters. The van der Waals surface area contributed by atoms with Crippen molar-refractivity contribution in [1.29, 1.82) is 0 Å². The van der Waals surface area contributed by atoms with Crippen molar-refractivity contribution in [2.75, 3.05) is 19.7 Å². The van der Waals surface area contributed by atoms with Crippen LogP contribution >= 0.6 is 11.3 Å². The van der Waals surface area contributed by atoms with Gasteiger partial charge in [0, 0.05) is 23.4 Å². The molecule has 2 heterocycles. The Kier molecular flexibility index (Phi) is 5.78. The highest BCUT2D eigenvalue weighted by molar-refractivity contribution is 7.89. The molecule has 3 aromatic rings. The molecule has 170 valence electrons. The number of amides is 1. The average Bonchev–Trinajstić information content (AvgIpc) is 3.13. The lowest BCUT2D eigenvalue weighted by molar-refractivity contribution is -0.138. The Hall–Kier alpha value is -2.47. The minimum absolute atomic E-state index is 0.0346. The molecule has 2 aromatic carbocycles. The summed E-state index contributed by atoms with van der Waals surface area (Å²) in [4.78, 5) is 12.1. The highest BCUT2D eigenvalue weighted by Crippen LogP contribution is 2.39. The van der Waals surface area contributed by atoms with Crippen molar-refractivity contribution in [3.8, 4) is 0 Å². The topological polar surface area (TPSA) is 89.7 Å². The number of thiophene rings is 1. The number of fused-ring (bicyclic) bond motifs is 1. The van der Waals surface area contributed by atoms with E-state index in [1.54, 1.807) is 6.07 Å². The number of ether oxygens (including phenoxy) is 1. The molecule has 0 saturated carbocycles. The van der Waals surface area contributed by atoms with E-state index in [1.807, 2.05) is 18.2 Å². The van der Waals surface area contributed by atoms with Crippen LogP contribution in [0.4, 0.5) is 13.2 Å². The Bertz CT molecular complexity index is 1300. The van der Waals surface area contributed by atoms with E-state index in [2.05, 4.69) is 0 Å². The smallest absolute Gasteiger partial charge is 0.371 e. The number of halogens is 3. The largest absolute Gasteiger partial charge is 0.416 e. The van der Waals surface area contributed by atoms with Crippen LogP contribution < -0.4 is 5.73 Å². The standard InChI is InChI=1S/C21H19F3N2O4S2/c1-12-10-13(6-7-15(12)21(22,23)24)32(28,29)26-8-9-30-16(11-26)18-14-4-2-3-5-17(14)31-19(18)20(25)27/h2-7,10,16H,8-9,11H2,1H3,(H2,25,27)/t16-/m0/s1. The number of sulfonamides is 1. The SMILES string of the molecule is Cc1cc(S(=O)(=O)N2CCO[C@H](c3c(C(N)=O)sc4ccccc34)C2)ccc1C(F)(F)F. The zero-order valence-electron chi connectivity index (χ0n) is 16.8. The van der Waals surface area contributed by atoms with Gasteiger partial charge in [0.15, 0.2) is 0 Å². The van der Waals surface area contributed by atoms with Gasteiger partial charge < -0.3 is 10.5 Å². The first kappa shape index (κ1) is 22.7. The summed E-state index contributed by atoms with van der Waals surface area (Å²) in [6, 6.07) is 10.0. The monoisotopic (exact) mass is 484 g/mol. The second kappa shape index (κ2) is 8.14. The Morgan fingerprint density at radius 1 is 1.22 bits per heavy atom. The van der Waals surface area contributed by atoms with Crippen LogP contribution in [0.1, 0.15) is 32.5 Å². The molecule has 6 nitrogen and oxygen atoms in total. The van der Waals surface area contributed by atoms with Gasteiger partial charge in [-0.05, 0) is 42.1 Å². The van der Waals surface area contributed by atoms with Crippen molar-refractivity contribution in [1.82, 2.24) is 4.31 Å². The zero-order chi connectivity index (χ0) is 23.3. The fourth-order valence-electron chi connectivity index (χ4n) is 3.85. The predicted molar refractivity (Wildman–Crippen MR) is 114 cm³/mol. The number of hydrogen-bond acceptors (Lipinski definition) is 5. The molecule has 32 heavy (non-hydrogen) atoms. The normalized spacial score (nSPS) is 18.2. The summed E-state index contributed by atoms with van der Waals surface area (Å²) < 4.78 is 73.4. The first-order valence-corrected chi connectivity index (χ1v) is 11.9. The van der Waals surface area contributed by atoms with E-state index in [-0.39, 0.29) is 30.2 Å². The fraction of sp³-hybridized carbons (Fsp3) is 0.286. The first-order valence-electron chi connectivity index (χ1n) is 9.61. The third-order valence-electron chi connectivity index (χ3n) is 5.35. The van der Waals surface area contributed by atoms with Gasteiger partial charge in [-0.25, -0.2) is 8.42 Å². The number of rotatable bonds is 4. The summed E-state index contributed by atoms with van der Waals surface area (Å²) in [5.41, 5.74) is 5.02. The van der Waals surface area contributed by atoms with Gasteiger partial charge in [-0.1, -0.05) is 18.2 Å². The van der Waals surface area contributed by atoms with Crippen LogP contribution in [0.3, 0.4) is 0 Å². The third kappa shape index (κ3) is 4.01. The summed E-state index contributed by atoms with van der Waals surface area (Å²) in [5.74, 6) is -0.636. The van der Waals surface area contributed by atoms with Crippen molar-refractivity contribution in [3.05, 3.63) is 64.0 Å². The number of morpholine rings is 1. The van der Waals surface area contributed by atoms with Crippen molar-refractivity contribution in [2.45, 2.75) is 24.1 Å². The maximum Gasteiger partial charge on any atom is 0.416 e. The van der Waals surface area contributed by atoms with Crippen LogP contribution in [0.15, 0.2) is 47.4 Å². The van der Waals surface area contributed by atoms with E-state index in [0.29, 0.717) is 10.4 Å². The van der Waals surface area contributed by atoms with Gasteiger partial charge in [-0.15, -0.1) is 11.3 Å². The Morgan fingerprint density at radius 2 is 1.94 bits per heavy atom. The number of nitrogens with zero attached hydrogens (tertiary/aromatic N) is 1. The average molecular weight is 485 g/mol. The second-order valence-electron chi connectivity index (χ2n) is 7.40. The number of benzene rings is 2. The number of alkyl halides is 3. The van der Waals surface area contributed by atoms with Crippen molar-refractivity contribution in [3.63, 3.8) is 0 Å². The molecule has 0 spiro atoms. The van der Waals surface area contributed by atoms with Crippen molar-refractivity contribution >= 4 is 37.4 Å². The van der Waals surface area contributed by atoms with Crippen molar-refractivity contribution in [2.24, 2.45) is 5.73 Å². The van der Waals surface area contributed by atoms with Gasteiger partial charge in [-0.3, -0.25) is 4.79 Å². The van der Waals surface area contributed by atoms with Gasteiger partial charge in [0.1, 0.15) is 0 Å². The van der Waals surface area contributed by atoms with Crippen LogP contribution in [-0.2, 0) is 20.9 Å². The predicted octanol–water partition coefficient (Wildman–Crippen LogP) is 4.09. The molecule has 1 atom stereocenters. The molecule has 1 aromatic heterocycles. The summed E-state index contributed by atoms with van der Waals surface area (Å²) in [7, 11) is -4.08. The molecule has 1 fully saturated rings. The lowest BCUT2D eigenvalue weighted by atomic mass is 10.0. The number of aryl methyl sites for hydroxylation is 1. The third-order valence-corrected chi connectivity index (χ3v) is 8.41. The molecule has 1 saturated heterocycles. The number of carbonyl (C=O) groups excluding carboxylic acids is 1. The summed E-state index contributed by atoms with van der Waals surface area (Å²) in [5, 5.41) is 0.751. The molecule has 4 rings (SSSR count). The summed E-state index contributed by atoms with van der Waals surface area (Å²) >= 11 is 1.21. The van der Waals surface area contributed by atoms with E-state index in [4.69, 9.17) is 10.5 Å². The van der Waals surface area contributed by atoms with Crippen LogP contribution in [0.5, 0.6) is 0 Å². The molecule has 11 heteroatoms. The van der Waals surface area contributed by atoms with Crippen LogP contribution in [-0.4, -0.2) is 38.3 Å². The minimum Gasteiger partial charge on any atom is -0.371 e. The maximum absolute atomic E-state index is 13.2. The van der Waals surface area contributed by atoms with Crippen LogP contribution in [0.2, 0.25) is 0 Å². The highest BCUT2D eigenvalue weighted by Gasteiger charge is 2.36. The molecule has 2 N–H and O–H groups in total. The highest BCUT2D eigenvalue weighted by atomic mass is 32.2. The summed E-state index contributed by atoms with van der Waals surface area (Å²) in [6.45, 7) is 1.22. The number of primary amides is 1. The molecule has 0 aliphatic carbocycles. The molecule has 1 aliphatic heterocycles. The molecular weight excluding hydrogens is 465 g/mol. The van der Waals surface area contributed by atoms with Crippen molar-refractivity contribution < 1.29 is 31.1 Å². The van der Waals surface area contributed by atoms with E-state index in [1.165, 1.54) is 22.6 Å². The first-order chi connectivity index (χ1) is 15.0. The van der Waals surface area contributed by atoms with Gasteiger partial charge in [0.25, 0.3) is 5.91 Å². The number of hydrogen-bond donors (Lipinski definition) is 1. The van der Waals surface area contributed by atoms with Gasteiger partial charge in [-0.2, -0.15) is 17.5 Å². The maximum atomic E-state index is 13.2. The van der Waals surface area contributed by atoms with Crippen LogP contribution in [0.25, 0.3) is 10.1 Å². The van der Waals surface area contributed by atoms with E-state index < -0.39 is 33.8 Å². The Balaban J connectivity index is 1.70. The number of carbonyl (C=O) groups is 1. The Morgan fingerprint density at radius 3 is 2.59 bits per heavy atom. The molecule has 0 bridgehead atoms. The molecule has 0 radical (unpaired) electrons. The molecule has 1 amide bonds. The molecule has 1 aliphatic rings. The van der Waals surface area contributed by atoms with Gasteiger partial charge in [0.05, 0.1) is 28.0 Å². The minimum atomic E-state index is -4.57. The summed E-state index contributed by atoms with van der Waals surface area (Å²) in [6.07, 6.45) is -5.31.